The van der Waals surface area contributed by atoms with E-state index in [-0.39, 0.29) is 17.8 Å². The van der Waals surface area contributed by atoms with Gasteiger partial charge in [-0.2, -0.15) is 0 Å². The fourth-order valence-corrected chi connectivity index (χ4v) is 5.53. The van der Waals surface area contributed by atoms with Crippen molar-refractivity contribution in [2.75, 3.05) is 57.9 Å². The van der Waals surface area contributed by atoms with Crippen LogP contribution in [-0.4, -0.2) is 80.9 Å². The van der Waals surface area contributed by atoms with Crippen molar-refractivity contribution in [1.29, 1.82) is 0 Å². The van der Waals surface area contributed by atoms with Crippen molar-refractivity contribution in [3.8, 4) is 11.5 Å². The number of piperazine rings is 1. The molecule has 0 aliphatic carbocycles. The monoisotopic (exact) mass is 502 g/mol. The highest BCUT2D eigenvalue weighted by Crippen LogP contribution is 2.37. The van der Waals surface area contributed by atoms with Crippen LogP contribution in [0.25, 0.3) is 10.8 Å². The Bertz CT molecular complexity index is 1340. The summed E-state index contributed by atoms with van der Waals surface area (Å²) in [6, 6.07) is 14.6. The average Bonchev–Trinajstić information content (AvgIpc) is 3.36. The van der Waals surface area contributed by atoms with E-state index in [1.54, 1.807) is 7.11 Å². The molecule has 3 heterocycles. The van der Waals surface area contributed by atoms with Crippen molar-refractivity contribution in [2.45, 2.75) is 18.9 Å². The summed E-state index contributed by atoms with van der Waals surface area (Å²) in [6.07, 6.45) is 3.90. The summed E-state index contributed by atoms with van der Waals surface area (Å²) < 4.78 is 25.0. The van der Waals surface area contributed by atoms with Crippen LogP contribution >= 0.6 is 0 Å². The second kappa shape index (κ2) is 10.0. The highest BCUT2D eigenvalue weighted by atomic mass is 19.1. The highest BCUT2D eigenvalue weighted by Gasteiger charge is 2.32. The number of hydrogen-bond acceptors (Lipinski definition) is 6. The summed E-state index contributed by atoms with van der Waals surface area (Å²) in [5.74, 6) is 1.18. The molecule has 7 nitrogen and oxygen atoms in total. The third-order valence-electron chi connectivity index (χ3n) is 7.64. The van der Waals surface area contributed by atoms with Gasteiger partial charge in [-0.3, -0.25) is 14.7 Å². The SMILES string of the molecule is COc1cc2cc3c(cc2cc1OCCN1CCN(c2ccc(F)cc2)CC1)C(=O)N1CCC[C@H]1C=N3. The highest BCUT2D eigenvalue weighted by molar-refractivity contribution is 6.07. The lowest BCUT2D eigenvalue weighted by Gasteiger charge is -2.36. The zero-order valence-corrected chi connectivity index (χ0v) is 21.0. The number of methoxy groups -OCH3 is 1. The Morgan fingerprint density at radius 1 is 0.973 bits per heavy atom. The average molecular weight is 503 g/mol. The molecule has 0 radical (unpaired) electrons. The number of aliphatic imine (C=N–C) groups is 1. The first-order valence-electron chi connectivity index (χ1n) is 13.0. The van der Waals surface area contributed by atoms with Gasteiger partial charge < -0.3 is 19.3 Å². The Labute approximate surface area is 216 Å². The van der Waals surface area contributed by atoms with Crippen LogP contribution in [0.2, 0.25) is 0 Å². The number of amides is 1. The summed E-state index contributed by atoms with van der Waals surface area (Å²) in [7, 11) is 1.64. The van der Waals surface area contributed by atoms with Crippen LogP contribution in [0, 0.1) is 5.82 Å². The minimum absolute atomic E-state index is 0.0509. The van der Waals surface area contributed by atoms with E-state index in [4.69, 9.17) is 9.47 Å². The molecule has 0 unspecified atom stereocenters. The van der Waals surface area contributed by atoms with Crippen LogP contribution in [-0.2, 0) is 0 Å². The van der Waals surface area contributed by atoms with Crippen molar-refractivity contribution in [3.63, 3.8) is 0 Å². The lowest BCUT2D eigenvalue weighted by Crippen LogP contribution is -2.47. The number of fused-ring (bicyclic) bond motifs is 3. The second-order valence-electron chi connectivity index (χ2n) is 9.86. The Morgan fingerprint density at radius 2 is 1.73 bits per heavy atom. The maximum atomic E-state index is 13.2. The van der Waals surface area contributed by atoms with E-state index in [1.165, 1.54) is 12.1 Å². The predicted molar refractivity (Wildman–Crippen MR) is 143 cm³/mol. The van der Waals surface area contributed by atoms with E-state index in [0.717, 1.165) is 68.6 Å². The maximum Gasteiger partial charge on any atom is 0.256 e. The van der Waals surface area contributed by atoms with Crippen molar-refractivity contribution in [2.24, 2.45) is 4.99 Å². The van der Waals surface area contributed by atoms with Crippen LogP contribution in [0.3, 0.4) is 0 Å². The van der Waals surface area contributed by atoms with Gasteiger partial charge in [-0.1, -0.05) is 0 Å². The Hall–Kier alpha value is -3.65. The van der Waals surface area contributed by atoms with Gasteiger partial charge in [0.2, 0.25) is 0 Å². The molecule has 3 aromatic rings. The second-order valence-corrected chi connectivity index (χ2v) is 9.86. The van der Waals surface area contributed by atoms with Crippen molar-refractivity contribution in [3.05, 3.63) is 59.9 Å². The quantitative estimate of drug-likeness (QED) is 0.497. The van der Waals surface area contributed by atoms with Crippen LogP contribution in [0.4, 0.5) is 15.8 Å². The van der Waals surface area contributed by atoms with Crippen LogP contribution in [0.15, 0.2) is 53.5 Å². The molecule has 3 aliphatic heterocycles. The van der Waals surface area contributed by atoms with Gasteiger partial charge in [0.1, 0.15) is 12.4 Å². The summed E-state index contributed by atoms with van der Waals surface area (Å²) >= 11 is 0. The number of carbonyl (C=O) groups excluding carboxylic acids is 1. The Kier molecular flexibility index (Phi) is 6.42. The summed E-state index contributed by atoms with van der Waals surface area (Å²) in [6.45, 7) is 5.73. The molecule has 8 heteroatoms. The lowest BCUT2D eigenvalue weighted by atomic mass is 10.0. The third kappa shape index (κ3) is 4.73. The van der Waals surface area contributed by atoms with Gasteiger partial charge in [-0.25, -0.2) is 4.39 Å². The van der Waals surface area contributed by atoms with Gasteiger partial charge in [-0.05, 0) is 72.1 Å². The van der Waals surface area contributed by atoms with Crippen molar-refractivity contribution in [1.82, 2.24) is 9.80 Å². The smallest absolute Gasteiger partial charge is 0.256 e. The van der Waals surface area contributed by atoms with Gasteiger partial charge in [0.25, 0.3) is 5.91 Å². The number of rotatable bonds is 6. The van der Waals surface area contributed by atoms with Crippen LogP contribution in [0.5, 0.6) is 11.5 Å². The van der Waals surface area contributed by atoms with Crippen molar-refractivity contribution < 1.29 is 18.7 Å². The first kappa shape index (κ1) is 23.7. The standard InChI is InChI=1S/C29H31FN4O3/c1-36-27-17-21-16-26-25(29(35)34-8-2-3-24(34)19-31-26)15-20(21)18-28(27)37-14-13-32-9-11-33(12-10-32)23-6-4-22(30)5-7-23/h4-7,15-19,24H,2-3,8-14H2,1H3/t24-/m0/s1. The molecule has 6 rings (SSSR count). The van der Waals surface area contributed by atoms with E-state index in [2.05, 4.69) is 14.8 Å². The van der Waals surface area contributed by atoms with Gasteiger partial charge >= 0.3 is 0 Å². The maximum absolute atomic E-state index is 13.2. The fourth-order valence-electron chi connectivity index (χ4n) is 5.53. The lowest BCUT2D eigenvalue weighted by molar-refractivity contribution is 0.0775. The minimum atomic E-state index is -0.209. The summed E-state index contributed by atoms with van der Waals surface area (Å²) in [5.41, 5.74) is 2.41. The third-order valence-corrected chi connectivity index (χ3v) is 7.64. The molecule has 1 atom stereocenters. The number of nitrogens with zero attached hydrogens (tertiary/aromatic N) is 4. The first-order chi connectivity index (χ1) is 18.1. The molecule has 2 saturated heterocycles. The molecular weight excluding hydrogens is 471 g/mol. The van der Waals surface area contributed by atoms with Gasteiger partial charge in [0.05, 0.1) is 24.4 Å². The number of ether oxygens (including phenoxy) is 2. The number of hydrogen-bond donors (Lipinski definition) is 0. The number of carbonyl (C=O) groups is 1. The molecule has 3 aliphatic rings. The zero-order chi connectivity index (χ0) is 25.4. The molecule has 3 aromatic carbocycles. The van der Waals surface area contributed by atoms with Crippen LogP contribution in [0.1, 0.15) is 23.2 Å². The predicted octanol–water partition coefficient (Wildman–Crippen LogP) is 4.51. The topological polar surface area (TPSA) is 57.6 Å². The van der Waals surface area contributed by atoms with E-state index in [9.17, 15) is 9.18 Å². The molecule has 0 N–H and O–H groups in total. The minimum Gasteiger partial charge on any atom is -0.493 e. The molecule has 2 fully saturated rings. The number of benzene rings is 3. The molecule has 37 heavy (non-hydrogen) atoms. The zero-order valence-electron chi connectivity index (χ0n) is 21.0. The van der Waals surface area contributed by atoms with Crippen molar-refractivity contribution >= 4 is 34.3 Å². The van der Waals surface area contributed by atoms with Gasteiger partial charge in [0.15, 0.2) is 11.5 Å². The number of anilines is 1. The summed E-state index contributed by atoms with van der Waals surface area (Å²) in [4.78, 5) is 24.4. The molecule has 0 aromatic heterocycles. The van der Waals surface area contributed by atoms with Crippen LogP contribution < -0.4 is 14.4 Å². The Balaban J connectivity index is 1.13. The Morgan fingerprint density at radius 3 is 2.51 bits per heavy atom. The molecular formula is C29H31FN4O3. The molecule has 192 valence electrons. The molecule has 0 saturated carbocycles. The molecule has 0 bridgehead atoms. The number of halogens is 1. The van der Waals surface area contributed by atoms with Gasteiger partial charge in [-0.15, -0.1) is 0 Å². The van der Waals surface area contributed by atoms with E-state index < -0.39 is 0 Å². The first-order valence-corrected chi connectivity index (χ1v) is 13.0. The normalized spacial score (nSPS) is 19.6. The van der Waals surface area contributed by atoms with E-state index >= 15 is 0 Å². The summed E-state index contributed by atoms with van der Waals surface area (Å²) in [5, 5.41) is 1.90. The van der Waals surface area contributed by atoms with E-state index in [1.807, 2.05) is 47.5 Å². The molecule has 1 amide bonds. The molecule has 0 spiro atoms. The largest absolute Gasteiger partial charge is 0.493 e. The van der Waals surface area contributed by atoms with E-state index in [0.29, 0.717) is 29.4 Å². The van der Waals surface area contributed by atoms with Gasteiger partial charge in [0, 0.05) is 51.2 Å². The fraction of sp³-hybridized carbons (Fsp3) is 0.379.